The normalized spacial score (nSPS) is 16.2. The summed E-state index contributed by atoms with van der Waals surface area (Å²) < 4.78 is 5.41. The van der Waals surface area contributed by atoms with Crippen LogP contribution in [-0.4, -0.2) is 66.2 Å². The maximum Gasteiger partial charge on any atom is 0.254 e. The Bertz CT molecular complexity index is 759. The average Bonchev–Trinajstić information content (AvgIpc) is 2.59. The molecule has 0 atom stereocenters. The van der Waals surface area contributed by atoms with Crippen molar-refractivity contribution < 1.29 is 14.6 Å². The fourth-order valence-corrected chi connectivity index (χ4v) is 3.46. The first-order valence-corrected chi connectivity index (χ1v) is 8.69. The van der Waals surface area contributed by atoms with Gasteiger partial charge in [0, 0.05) is 43.7 Å². The number of hydrogen-bond donors (Lipinski definition) is 1. The number of carbonyl (C=O) groups excluding carboxylic acids is 1. The van der Waals surface area contributed by atoms with Gasteiger partial charge in [-0.1, -0.05) is 24.3 Å². The van der Waals surface area contributed by atoms with E-state index in [4.69, 9.17) is 4.74 Å². The molecule has 5 nitrogen and oxygen atoms in total. The number of piperazine rings is 1. The summed E-state index contributed by atoms with van der Waals surface area (Å²) in [6, 6.07) is 11.6. The van der Waals surface area contributed by atoms with Crippen LogP contribution < -0.4 is 4.74 Å². The Kier molecular flexibility index (Phi) is 4.97. The highest BCUT2D eigenvalue weighted by atomic mass is 16.5. The highest BCUT2D eigenvalue weighted by Gasteiger charge is 2.26. The van der Waals surface area contributed by atoms with E-state index < -0.39 is 5.60 Å². The standard InChI is InChI=1S/C20H26N2O3/c1-20(2,24)14-21-10-12-22(13-11-21)19(23)17-8-9-18(25-3)16-7-5-4-6-15(16)17/h4-9,24H,10-14H2,1-3H3. The summed E-state index contributed by atoms with van der Waals surface area (Å²) in [5.74, 6) is 0.837. The van der Waals surface area contributed by atoms with Crippen LogP contribution in [0.3, 0.4) is 0 Å². The zero-order valence-corrected chi connectivity index (χ0v) is 15.2. The third kappa shape index (κ3) is 3.94. The second kappa shape index (κ2) is 7.02. The van der Waals surface area contributed by atoms with Gasteiger partial charge in [-0.15, -0.1) is 0 Å². The molecule has 134 valence electrons. The van der Waals surface area contributed by atoms with Gasteiger partial charge in [-0.05, 0) is 31.4 Å². The first-order chi connectivity index (χ1) is 11.9. The van der Waals surface area contributed by atoms with E-state index >= 15 is 0 Å². The van der Waals surface area contributed by atoms with Crippen LogP contribution in [0, 0.1) is 0 Å². The van der Waals surface area contributed by atoms with Crippen molar-refractivity contribution in [3.63, 3.8) is 0 Å². The minimum Gasteiger partial charge on any atom is -0.496 e. The van der Waals surface area contributed by atoms with Gasteiger partial charge in [0.2, 0.25) is 0 Å². The van der Waals surface area contributed by atoms with Crippen LogP contribution in [0.1, 0.15) is 24.2 Å². The number of fused-ring (bicyclic) bond motifs is 1. The molecular formula is C20H26N2O3. The van der Waals surface area contributed by atoms with Crippen molar-refractivity contribution in [2.75, 3.05) is 39.8 Å². The van der Waals surface area contributed by atoms with Gasteiger partial charge in [0.1, 0.15) is 5.75 Å². The molecular weight excluding hydrogens is 316 g/mol. The van der Waals surface area contributed by atoms with Crippen molar-refractivity contribution in [1.82, 2.24) is 9.80 Å². The molecule has 1 heterocycles. The lowest BCUT2D eigenvalue weighted by atomic mass is 10.0. The molecule has 25 heavy (non-hydrogen) atoms. The molecule has 5 heteroatoms. The Balaban J connectivity index is 1.78. The number of β-amino-alcohol motifs (C(OH)–C–C–N with tert-alkyl or cyclic N) is 1. The molecule has 0 saturated carbocycles. The van der Waals surface area contributed by atoms with E-state index in [1.54, 1.807) is 7.11 Å². The monoisotopic (exact) mass is 342 g/mol. The summed E-state index contributed by atoms with van der Waals surface area (Å²) in [6.45, 7) is 7.17. The van der Waals surface area contributed by atoms with Crippen LogP contribution in [0.15, 0.2) is 36.4 Å². The summed E-state index contributed by atoms with van der Waals surface area (Å²) in [5.41, 5.74) is 0.00517. The van der Waals surface area contributed by atoms with E-state index in [1.165, 1.54) is 0 Å². The molecule has 3 rings (SSSR count). The molecule has 1 N–H and O–H groups in total. The Morgan fingerprint density at radius 3 is 2.32 bits per heavy atom. The van der Waals surface area contributed by atoms with Crippen molar-refractivity contribution in [3.05, 3.63) is 42.0 Å². The predicted molar refractivity (Wildman–Crippen MR) is 99.1 cm³/mol. The minimum atomic E-state index is -0.710. The van der Waals surface area contributed by atoms with Gasteiger partial charge in [0.05, 0.1) is 12.7 Å². The molecule has 0 radical (unpaired) electrons. The molecule has 1 aliphatic rings. The molecule has 0 spiro atoms. The molecule has 0 unspecified atom stereocenters. The average molecular weight is 342 g/mol. The lowest BCUT2D eigenvalue weighted by molar-refractivity contribution is 0.0179. The maximum absolute atomic E-state index is 13.0. The first-order valence-electron chi connectivity index (χ1n) is 8.69. The second-order valence-electron chi connectivity index (χ2n) is 7.24. The van der Waals surface area contributed by atoms with Gasteiger partial charge in [0.15, 0.2) is 0 Å². The van der Waals surface area contributed by atoms with Crippen LogP contribution >= 0.6 is 0 Å². The van der Waals surface area contributed by atoms with Crippen molar-refractivity contribution in [2.45, 2.75) is 19.4 Å². The van der Waals surface area contributed by atoms with Crippen LogP contribution in [0.4, 0.5) is 0 Å². The Morgan fingerprint density at radius 2 is 1.72 bits per heavy atom. The van der Waals surface area contributed by atoms with E-state index in [2.05, 4.69) is 4.90 Å². The van der Waals surface area contributed by atoms with Gasteiger partial charge in [0.25, 0.3) is 5.91 Å². The third-order valence-corrected chi connectivity index (χ3v) is 4.60. The summed E-state index contributed by atoms with van der Waals surface area (Å²) in [4.78, 5) is 17.1. The number of carbonyl (C=O) groups is 1. The summed E-state index contributed by atoms with van der Waals surface area (Å²) >= 11 is 0. The fourth-order valence-electron chi connectivity index (χ4n) is 3.46. The van der Waals surface area contributed by atoms with E-state index in [-0.39, 0.29) is 5.91 Å². The van der Waals surface area contributed by atoms with Gasteiger partial charge in [-0.3, -0.25) is 9.69 Å². The smallest absolute Gasteiger partial charge is 0.254 e. The van der Waals surface area contributed by atoms with E-state index in [0.29, 0.717) is 25.2 Å². The lowest BCUT2D eigenvalue weighted by Gasteiger charge is -2.37. The van der Waals surface area contributed by atoms with Gasteiger partial charge >= 0.3 is 0 Å². The van der Waals surface area contributed by atoms with E-state index in [9.17, 15) is 9.90 Å². The Labute approximate surface area is 148 Å². The summed E-state index contributed by atoms with van der Waals surface area (Å²) in [7, 11) is 1.64. The highest BCUT2D eigenvalue weighted by molar-refractivity contribution is 6.08. The number of ether oxygens (including phenoxy) is 1. The zero-order chi connectivity index (χ0) is 18.0. The zero-order valence-electron chi connectivity index (χ0n) is 15.2. The summed E-state index contributed by atoms with van der Waals surface area (Å²) in [6.07, 6.45) is 0. The largest absolute Gasteiger partial charge is 0.496 e. The van der Waals surface area contributed by atoms with Crippen LogP contribution in [0.2, 0.25) is 0 Å². The number of amides is 1. The third-order valence-electron chi connectivity index (χ3n) is 4.60. The van der Waals surface area contributed by atoms with E-state index in [0.717, 1.165) is 29.6 Å². The van der Waals surface area contributed by atoms with Gasteiger partial charge < -0.3 is 14.7 Å². The number of methoxy groups -OCH3 is 1. The molecule has 0 aromatic heterocycles. The molecule has 1 fully saturated rings. The number of aliphatic hydroxyl groups is 1. The van der Waals surface area contributed by atoms with Crippen molar-refractivity contribution in [2.24, 2.45) is 0 Å². The lowest BCUT2D eigenvalue weighted by Crippen LogP contribution is -2.52. The molecule has 1 amide bonds. The SMILES string of the molecule is COc1ccc(C(=O)N2CCN(CC(C)(C)O)CC2)c2ccccc12. The topological polar surface area (TPSA) is 53.0 Å². The molecule has 1 aliphatic heterocycles. The molecule has 0 aliphatic carbocycles. The molecule has 0 bridgehead atoms. The van der Waals surface area contributed by atoms with Crippen LogP contribution in [-0.2, 0) is 0 Å². The highest BCUT2D eigenvalue weighted by Crippen LogP contribution is 2.29. The molecule has 1 saturated heterocycles. The predicted octanol–water partition coefficient (Wildman–Crippen LogP) is 2.38. The van der Waals surface area contributed by atoms with Crippen molar-refractivity contribution in [3.8, 4) is 5.75 Å². The van der Waals surface area contributed by atoms with Gasteiger partial charge in [-0.2, -0.15) is 0 Å². The van der Waals surface area contributed by atoms with Crippen LogP contribution in [0.25, 0.3) is 10.8 Å². The minimum absolute atomic E-state index is 0.0572. The number of nitrogens with zero attached hydrogens (tertiary/aromatic N) is 2. The Hall–Kier alpha value is -2.11. The fraction of sp³-hybridized carbons (Fsp3) is 0.450. The maximum atomic E-state index is 13.0. The van der Waals surface area contributed by atoms with Crippen LogP contribution in [0.5, 0.6) is 5.75 Å². The summed E-state index contributed by atoms with van der Waals surface area (Å²) in [5, 5.41) is 11.8. The second-order valence-corrected chi connectivity index (χ2v) is 7.24. The Morgan fingerprint density at radius 1 is 1.08 bits per heavy atom. The number of rotatable bonds is 4. The van der Waals surface area contributed by atoms with Gasteiger partial charge in [-0.25, -0.2) is 0 Å². The quantitative estimate of drug-likeness (QED) is 0.927. The first kappa shape index (κ1) is 17.7. The number of benzene rings is 2. The van der Waals surface area contributed by atoms with E-state index in [1.807, 2.05) is 55.1 Å². The van der Waals surface area contributed by atoms with Crippen molar-refractivity contribution >= 4 is 16.7 Å². The number of hydrogen-bond acceptors (Lipinski definition) is 4. The van der Waals surface area contributed by atoms with Crippen molar-refractivity contribution in [1.29, 1.82) is 0 Å². The molecule has 2 aromatic carbocycles. The molecule has 2 aromatic rings.